The van der Waals surface area contributed by atoms with Crippen LogP contribution in [0.4, 0.5) is 11.4 Å². The molecule has 1 N–H and O–H groups in total. The van der Waals surface area contributed by atoms with Gasteiger partial charge in [-0.15, -0.1) is 0 Å². The molecule has 5 aromatic rings. The summed E-state index contributed by atoms with van der Waals surface area (Å²) in [6.45, 7) is 24.0. The summed E-state index contributed by atoms with van der Waals surface area (Å²) in [6, 6.07) is 15.3. The number of hydrogen-bond acceptors (Lipinski definition) is 2. The number of imidazole rings is 1. The quantitative estimate of drug-likeness (QED) is 0.224. The first-order valence-electron chi connectivity index (χ1n) is 11.3. The highest BCUT2D eigenvalue weighted by Gasteiger charge is 2.22. The van der Waals surface area contributed by atoms with Crippen LogP contribution in [0.1, 0.15) is 50.7 Å². The van der Waals surface area contributed by atoms with Crippen molar-refractivity contribution in [2.24, 2.45) is 0 Å². The average molecular weight is 445 g/mol. The molecular formula is C29H24N4O. The van der Waals surface area contributed by atoms with E-state index in [9.17, 15) is 5.11 Å². The summed E-state index contributed by atoms with van der Waals surface area (Å²) in [4.78, 5) is 12.1. The van der Waals surface area contributed by atoms with Crippen LogP contribution in [0.5, 0.6) is 5.75 Å². The van der Waals surface area contributed by atoms with Crippen LogP contribution in [-0.4, -0.2) is 14.5 Å². The topological polar surface area (TPSA) is 46.2 Å². The Morgan fingerprint density at radius 2 is 1.47 bits per heavy atom. The Balaban J connectivity index is 2.06. The molecule has 0 atom stereocenters. The highest BCUT2D eigenvalue weighted by atomic mass is 16.3. The van der Waals surface area contributed by atoms with E-state index in [1.807, 2.05) is 12.3 Å². The first-order valence-corrected chi connectivity index (χ1v) is 11.3. The van der Waals surface area contributed by atoms with Gasteiger partial charge < -0.3 is 5.11 Å². The standard InChI is InChI=1S/C29H24N4O/c1-16(2)19-8-7-9-20(17(3)4)28(19)27-15-32-29-23-12-18(34)10-11-21(23)22-13-24(30-5)25(31-6)14-26(22)33(27)29/h7-17,34H,1-4H3. The van der Waals surface area contributed by atoms with Crippen molar-refractivity contribution < 1.29 is 5.11 Å². The summed E-state index contributed by atoms with van der Waals surface area (Å²) in [5.74, 6) is 0.775. The Hall–Kier alpha value is -4.35. The fourth-order valence-electron chi connectivity index (χ4n) is 4.91. The Bertz CT molecular complexity index is 1670. The smallest absolute Gasteiger partial charge is 0.196 e. The summed E-state index contributed by atoms with van der Waals surface area (Å²) in [7, 11) is 0. The van der Waals surface area contributed by atoms with Gasteiger partial charge in [-0.3, -0.25) is 14.1 Å². The monoisotopic (exact) mass is 444 g/mol. The molecular weight excluding hydrogens is 420 g/mol. The molecule has 2 heterocycles. The molecule has 0 radical (unpaired) electrons. The van der Waals surface area contributed by atoms with Crippen LogP contribution in [-0.2, 0) is 0 Å². The zero-order valence-corrected chi connectivity index (χ0v) is 19.6. The van der Waals surface area contributed by atoms with Gasteiger partial charge in [0, 0.05) is 16.5 Å². The number of benzene rings is 3. The van der Waals surface area contributed by atoms with Crippen LogP contribution in [0.3, 0.4) is 0 Å². The predicted molar refractivity (Wildman–Crippen MR) is 138 cm³/mol. The number of aromatic hydroxyl groups is 1. The number of nitrogens with zero attached hydrogens (tertiary/aromatic N) is 4. The van der Waals surface area contributed by atoms with Gasteiger partial charge in [-0.05, 0) is 58.0 Å². The van der Waals surface area contributed by atoms with E-state index in [2.05, 4.69) is 60.0 Å². The number of fused-ring (bicyclic) bond motifs is 6. The van der Waals surface area contributed by atoms with Gasteiger partial charge in [0.15, 0.2) is 11.4 Å². The second-order valence-electron chi connectivity index (χ2n) is 9.23. The van der Waals surface area contributed by atoms with Crippen molar-refractivity contribution in [2.75, 3.05) is 0 Å². The van der Waals surface area contributed by atoms with Crippen LogP contribution in [0, 0.1) is 13.1 Å². The number of hydrogen-bond donors (Lipinski definition) is 1. The van der Waals surface area contributed by atoms with E-state index in [1.54, 1.807) is 24.3 Å². The lowest BCUT2D eigenvalue weighted by molar-refractivity contribution is 0.476. The van der Waals surface area contributed by atoms with Crippen molar-refractivity contribution in [2.45, 2.75) is 39.5 Å². The lowest BCUT2D eigenvalue weighted by Gasteiger charge is -2.20. The van der Waals surface area contributed by atoms with Crippen LogP contribution in [0.25, 0.3) is 48.3 Å². The molecule has 0 aliphatic carbocycles. The molecule has 0 fully saturated rings. The zero-order chi connectivity index (χ0) is 24.1. The van der Waals surface area contributed by atoms with Gasteiger partial charge in [-0.2, -0.15) is 0 Å². The van der Waals surface area contributed by atoms with Gasteiger partial charge in [0.2, 0.25) is 0 Å². The maximum absolute atomic E-state index is 10.3. The first-order chi connectivity index (χ1) is 16.3. The number of aromatic nitrogens is 2. The van der Waals surface area contributed by atoms with Crippen LogP contribution in [0.2, 0.25) is 0 Å². The first kappa shape index (κ1) is 21.5. The molecule has 5 heteroatoms. The Kier molecular flexibility index (Phi) is 5.00. The van der Waals surface area contributed by atoms with Crippen LogP contribution >= 0.6 is 0 Å². The zero-order valence-electron chi connectivity index (χ0n) is 19.6. The lowest BCUT2D eigenvalue weighted by atomic mass is 9.87. The maximum Gasteiger partial charge on any atom is 0.196 e. The molecule has 0 spiro atoms. The Labute approximate surface area is 198 Å². The third kappa shape index (κ3) is 3.10. The van der Waals surface area contributed by atoms with Gasteiger partial charge in [-0.1, -0.05) is 52.0 Å². The van der Waals surface area contributed by atoms with Gasteiger partial charge in [0.05, 0.1) is 25.0 Å². The SMILES string of the molecule is [C-]#[N+]c1cc2c3ccc(O)cc3c3ncc(-c4c(C(C)C)cccc4C(C)C)n3c2cc1[N+]#[C-]. The normalized spacial score (nSPS) is 11.5. The molecule has 5 nitrogen and oxygen atoms in total. The number of phenolic OH excluding ortho intramolecular Hbond substituents is 1. The second-order valence-corrected chi connectivity index (χ2v) is 9.23. The van der Waals surface area contributed by atoms with Crippen LogP contribution < -0.4 is 0 Å². The summed E-state index contributed by atoms with van der Waals surface area (Å²) < 4.78 is 2.09. The van der Waals surface area contributed by atoms with Crippen molar-refractivity contribution in [3.8, 4) is 17.0 Å². The third-order valence-corrected chi connectivity index (χ3v) is 6.50. The fraction of sp³-hybridized carbons (Fsp3) is 0.207. The molecule has 166 valence electrons. The van der Waals surface area contributed by atoms with Crippen molar-refractivity contribution in [3.63, 3.8) is 0 Å². The van der Waals surface area contributed by atoms with E-state index in [0.29, 0.717) is 28.9 Å². The van der Waals surface area contributed by atoms with E-state index >= 15 is 0 Å². The molecule has 34 heavy (non-hydrogen) atoms. The minimum Gasteiger partial charge on any atom is -0.508 e. The fourth-order valence-corrected chi connectivity index (χ4v) is 4.91. The predicted octanol–water partition coefficient (Wildman–Crippen LogP) is 8.36. The Morgan fingerprint density at radius 3 is 2.09 bits per heavy atom. The van der Waals surface area contributed by atoms with E-state index in [0.717, 1.165) is 32.9 Å². The molecule has 2 aromatic heterocycles. The highest BCUT2D eigenvalue weighted by molar-refractivity contribution is 6.14. The largest absolute Gasteiger partial charge is 0.508 e. The summed E-state index contributed by atoms with van der Waals surface area (Å²) in [6.07, 6.45) is 1.89. The minimum atomic E-state index is 0.159. The third-order valence-electron chi connectivity index (χ3n) is 6.50. The average Bonchev–Trinajstić information content (AvgIpc) is 3.27. The summed E-state index contributed by atoms with van der Waals surface area (Å²) >= 11 is 0. The van der Waals surface area contributed by atoms with Crippen molar-refractivity contribution in [1.29, 1.82) is 0 Å². The second kappa shape index (κ2) is 7.90. The van der Waals surface area contributed by atoms with E-state index in [4.69, 9.17) is 18.1 Å². The van der Waals surface area contributed by atoms with Crippen molar-refractivity contribution >= 4 is 38.7 Å². The van der Waals surface area contributed by atoms with E-state index in [1.165, 1.54) is 11.1 Å². The highest BCUT2D eigenvalue weighted by Crippen LogP contribution is 2.42. The van der Waals surface area contributed by atoms with E-state index in [-0.39, 0.29) is 5.75 Å². The summed E-state index contributed by atoms with van der Waals surface area (Å²) in [5, 5.41) is 12.8. The number of phenols is 1. The molecule has 0 saturated heterocycles. The van der Waals surface area contributed by atoms with Gasteiger partial charge in [-0.25, -0.2) is 4.98 Å². The van der Waals surface area contributed by atoms with Gasteiger partial charge in [0.25, 0.3) is 0 Å². The molecule has 0 saturated carbocycles. The Morgan fingerprint density at radius 1 is 0.824 bits per heavy atom. The molecule has 0 bridgehead atoms. The van der Waals surface area contributed by atoms with Crippen LogP contribution in [0.15, 0.2) is 54.7 Å². The molecule has 0 aliphatic heterocycles. The molecule has 0 aliphatic rings. The minimum absolute atomic E-state index is 0.159. The molecule has 3 aromatic carbocycles. The molecule has 0 amide bonds. The maximum atomic E-state index is 10.3. The molecule has 5 rings (SSSR count). The molecule has 0 unspecified atom stereocenters. The van der Waals surface area contributed by atoms with Gasteiger partial charge in [0.1, 0.15) is 11.4 Å². The number of pyridine rings is 1. The van der Waals surface area contributed by atoms with Crippen molar-refractivity contribution in [1.82, 2.24) is 9.38 Å². The van der Waals surface area contributed by atoms with E-state index < -0.39 is 0 Å². The lowest BCUT2D eigenvalue weighted by Crippen LogP contribution is -2.02. The summed E-state index contributed by atoms with van der Waals surface area (Å²) in [5.41, 5.74) is 6.76. The van der Waals surface area contributed by atoms with Crippen molar-refractivity contribution in [3.05, 3.63) is 88.7 Å². The number of rotatable bonds is 3. The van der Waals surface area contributed by atoms with Gasteiger partial charge >= 0.3 is 0 Å².